The van der Waals surface area contributed by atoms with Crippen molar-refractivity contribution >= 4 is 17.5 Å². The molecule has 2 rings (SSSR count). The molecular formula is C12H14ClNO. The number of hydrogen-bond donors (Lipinski definition) is 1. The van der Waals surface area contributed by atoms with Gasteiger partial charge in [-0.05, 0) is 18.4 Å². The molecule has 1 unspecified atom stereocenters. The van der Waals surface area contributed by atoms with Gasteiger partial charge in [0, 0.05) is 12.5 Å². The van der Waals surface area contributed by atoms with E-state index in [1.165, 1.54) is 0 Å². The molecule has 1 N–H and O–H groups in total. The maximum Gasteiger partial charge on any atom is 0.223 e. The summed E-state index contributed by atoms with van der Waals surface area (Å²) in [5.74, 6) is 0.404. The fraction of sp³-hybridized carbons (Fsp3) is 0.417. The highest BCUT2D eigenvalue weighted by Gasteiger charge is 2.29. The van der Waals surface area contributed by atoms with Crippen LogP contribution in [0.2, 0.25) is 0 Å². The minimum Gasteiger partial charge on any atom is -0.354 e. The molecule has 0 spiro atoms. The van der Waals surface area contributed by atoms with Gasteiger partial charge in [-0.15, -0.1) is 11.6 Å². The molecule has 1 aliphatic carbocycles. The first-order valence-corrected chi connectivity index (χ1v) is 5.68. The van der Waals surface area contributed by atoms with Crippen LogP contribution in [0.25, 0.3) is 0 Å². The third kappa shape index (κ3) is 2.96. The number of carbonyl (C=O) groups excluding carboxylic acids is 1. The van der Waals surface area contributed by atoms with E-state index in [4.69, 9.17) is 11.6 Å². The molecule has 15 heavy (non-hydrogen) atoms. The molecule has 0 bridgehead atoms. The zero-order chi connectivity index (χ0) is 10.7. The zero-order valence-electron chi connectivity index (χ0n) is 8.45. The van der Waals surface area contributed by atoms with Crippen LogP contribution in [0.1, 0.15) is 23.8 Å². The van der Waals surface area contributed by atoms with Gasteiger partial charge < -0.3 is 5.32 Å². The van der Waals surface area contributed by atoms with E-state index in [2.05, 4.69) is 5.32 Å². The summed E-state index contributed by atoms with van der Waals surface area (Å²) in [5.41, 5.74) is 1.05. The second kappa shape index (κ2) is 4.67. The predicted molar refractivity (Wildman–Crippen MR) is 60.8 cm³/mol. The molecule has 1 fully saturated rings. The molecular weight excluding hydrogens is 210 g/mol. The molecule has 2 nitrogen and oxygen atoms in total. The van der Waals surface area contributed by atoms with Gasteiger partial charge >= 0.3 is 0 Å². The fourth-order valence-corrected chi connectivity index (χ4v) is 1.68. The number of alkyl halides is 1. The molecule has 0 saturated heterocycles. The van der Waals surface area contributed by atoms with Crippen LogP contribution in [-0.4, -0.2) is 12.5 Å². The van der Waals surface area contributed by atoms with E-state index in [1.54, 1.807) is 0 Å². The van der Waals surface area contributed by atoms with Crippen molar-refractivity contribution in [2.45, 2.75) is 18.2 Å². The first-order valence-electron chi connectivity index (χ1n) is 5.24. The van der Waals surface area contributed by atoms with Crippen molar-refractivity contribution in [2.24, 2.45) is 5.92 Å². The Morgan fingerprint density at radius 3 is 2.67 bits per heavy atom. The topological polar surface area (TPSA) is 29.1 Å². The fourth-order valence-electron chi connectivity index (χ4n) is 1.46. The van der Waals surface area contributed by atoms with Crippen molar-refractivity contribution < 1.29 is 4.79 Å². The Morgan fingerprint density at radius 2 is 2.07 bits per heavy atom. The van der Waals surface area contributed by atoms with Crippen LogP contribution in [0, 0.1) is 5.92 Å². The van der Waals surface area contributed by atoms with Gasteiger partial charge in [0.05, 0.1) is 5.38 Å². The van der Waals surface area contributed by atoms with Gasteiger partial charge in [0.2, 0.25) is 5.91 Å². The average Bonchev–Trinajstić information content (AvgIpc) is 3.10. The molecule has 1 saturated carbocycles. The molecule has 1 amide bonds. The van der Waals surface area contributed by atoms with Gasteiger partial charge in [-0.25, -0.2) is 0 Å². The number of amides is 1. The van der Waals surface area contributed by atoms with Crippen molar-refractivity contribution in [1.82, 2.24) is 5.32 Å². The van der Waals surface area contributed by atoms with E-state index >= 15 is 0 Å². The van der Waals surface area contributed by atoms with Crippen LogP contribution < -0.4 is 5.32 Å². The Labute approximate surface area is 94.6 Å². The van der Waals surface area contributed by atoms with Gasteiger partial charge in [0.25, 0.3) is 0 Å². The van der Waals surface area contributed by atoms with Crippen LogP contribution in [0.3, 0.4) is 0 Å². The second-order valence-corrected chi connectivity index (χ2v) is 4.42. The SMILES string of the molecule is O=C(NCC(Cl)c1ccccc1)C1CC1. The maximum absolute atomic E-state index is 11.4. The molecule has 0 aromatic heterocycles. The number of hydrogen-bond acceptors (Lipinski definition) is 1. The van der Waals surface area contributed by atoms with Crippen molar-refractivity contribution in [3.05, 3.63) is 35.9 Å². The van der Waals surface area contributed by atoms with Crippen LogP contribution >= 0.6 is 11.6 Å². The van der Waals surface area contributed by atoms with Crippen LogP contribution in [0.15, 0.2) is 30.3 Å². The molecule has 80 valence electrons. The third-order valence-corrected chi connectivity index (χ3v) is 2.97. The van der Waals surface area contributed by atoms with E-state index in [0.717, 1.165) is 18.4 Å². The first-order chi connectivity index (χ1) is 7.27. The summed E-state index contributed by atoms with van der Waals surface area (Å²) in [6, 6.07) is 9.80. The third-order valence-electron chi connectivity index (χ3n) is 2.56. The van der Waals surface area contributed by atoms with E-state index < -0.39 is 0 Å². The van der Waals surface area contributed by atoms with Gasteiger partial charge in [0.1, 0.15) is 0 Å². The van der Waals surface area contributed by atoms with Crippen molar-refractivity contribution in [3.63, 3.8) is 0 Å². The lowest BCUT2D eigenvalue weighted by Crippen LogP contribution is -2.28. The second-order valence-electron chi connectivity index (χ2n) is 3.90. The molecule has 0 radical (unpaired) electrons. The molecule has 1 atom stereocenters. The Hall–Kier alpha value is -1.02. The van der Waals surface area contributed by atoms with Crippen molar-refractivity contribution in [2.75, 3.05) is 6.54 Å². The molecule has 0 heterocycles. The lowest BCUT2D eigenvalue weighted by atomic mass is 10.1. The van der Waals surface area contributed by atoms with E-state index in [1.807, 2.05) is 30.3 Å². The standard InChI is InChI=1S/C12H14ClNO/c13-11(9-4-2-1-3-5-9)8-14-12(15)10-6-7-10/h1-5,10-11H,6-8H2,(H,14,15). The quantitative estimate of drug-likeness (QED) is 0.781. The summed E-state index contributed by atoms with van der Waals surface area (Å²) in [6.45, 7) is 0.515. The molecule has 1 aromatic rings. The summed E-state index contributed by atoms with van der Waals surface area (Å²) in [5, 5.41) is 2.74. The average molecular weight is 224 g/mol. The van der Waals surface area contributed by atoms with Crippen LogP contribution in [0.5, 0.6) is 0 Å². The highest BCUT2D eigenvalue weighted by atomic mass is 35.5. The summed E-state index contributed by atoms with van der Waals surface area (Å²) in [4.78, 5) is 11.4. The van der Waals surface area contributed by atoms with Crippen molar-refractivity contribution in [1.29, 1.82) is 0 Å². The Morgan fingerprint density at radius 1 is 1.40 bits per heavy atom. The molecule has 1 aromatic carbocycles. The maximum atomic E-state index is 11.4. The monoisotopic (exact) mass is 223 g/mol. The van der Waals surface area contributed by atoms with Gasteiger partial charge in [-0.2, -0.15) is 0 Å². The zero-order valence-corrected chi connectivity index (χ0v) is 9.20. The lowest BCUT2D eigenvalue weighted by Gasteiger charge is -2.10. The Bertz CT molecular complexity index is 335. The number of benzene rings is 1. The highest BCUT2D eigenvalue weighted by Crippen LogP contribution is 2.29. The van der Waals surface area contributed by atoms with Gasteiger partial charge in [-0.3, -0.25) is 4.79 Å². The summed E-state index contributed by atoms with van der Waals surface area (Å²) in [7, 11) is 0. The van der Waals surface area contributed by atoms with E-state index in [0.29, 0.717) is 6.54 Å². The van der Waals surface area contributed by atoms with Crippen LogP contribution in [0.4, 0.5) is 0 Å². The number of halogens is 1. The summed E-state index contributed by atoms with van der Waals surface area (Å²) < 4.78 is 0. The largest absolute Gasteiger partial charge is 0.354 e. The van der Waals surface area contributed by atoms with Crippen molar-refractivity contribution in [3.8, 4) is 0 Å². The minimum atomic E-state index is -0.131. The number of nitrogens with one attached hydrogen (secondary N) is 1. The predicted octanol–water partition coefficient (Wildman–Crippen LogP) is 2.49. The van der Waals surface area contributed by atoms with E-state index in [9.17, 15) is 4.79 Å². The summed E-state index contributed by atoms with van der Waals surface area (Å²) >= 11 is 6.16. The normalized spacial score (nSPS) is 17.1. The molecule has 3 heteroatoms. The summed E-state index contributed by atoms with van der Waals surface area (Å²) in [6.07, 6.45) is 2.06. The Balaban J connectivity index is 1.81. The Kier molecular flexibility index (Phi) is 3.27. The smallest absolute Gasteiger partial charge is 0.223 e. The number of rotatable bonds is 4. The van der Waals surface area contributed by atoms with Crippen LogP contribution in [-0.2, 0) is 4.79 Å². The van der Waals surface area contributed by atoms with Gasteiger partial charge in [-0.1, -0.05) is 30.3 Å². The first kappa shape index (κ1) is 10.5. The lowest BCUT2D eigenvalue weighted by molar-refractivity contribution is -0.122. The minimum absolute atomic E-state index is 0.131. The molecule has 1 aliphatic rings. The number of carbonyl (C=O) groups is 1. The highest BCUT2D eigenvalue weighted by molar-refractivity contribution is 6.21. The van der Waals surface area contributed by atoms with E-state index in [-0.39, 0.29) is 17.2 Å². The van der Waals surface area contributed by atoms with Gasteiger partial charge in [0.15, 0.2) is 0 Å². The molecule has 0 aliphatic heterocycles.